The highest BCUT2D eigenvalue weighted by atomic mass is 16.5. The molecule has 3 N–H and O–H groups in total. The summed E-state index contributed by atoms with van der Waals surface area (Å²) < 4.78 is 4.48. The molecule has 5 heteroatoms. The van der Waals surface area contributed by atoms with Gasteiger partial charge in [-0.05, 0) is 0 Å². The van der Waals surface area contributed by atoms with Crippen molar-refractivity contribution >= 4 is 11.9 Å². The van der Waals surface area contributed by atoms with Crippen molar-refractivity contribution in [3.63, 3.8) is 0 Å². The molecule has 0 amide bonds. The van der Waals surface area contributed by atoms with E-state index in [9.17, 15) is 9.59 Å². The minimum Gasteiger partial charge on any atom is -0.480 e. The summed E-state index contributed by atoms with van der Waals surface area (Å²) in [5, 5.41) is 8.28. The number of aliphatic carboxylic acids is 1. The lowest BCUT2D eigenvalue weighted by Gasteiger charge is -2.04. The Bertz CT molecular complexity index is 157. The predicted octanol–water partition coefficient (Wildman–Crippen LogP) is -0.648. The van der Waals surface area contributed by atoms with Gasteiger partial charge in [0.1, 0.15) is 6.04 Å². The minimum atomic E-state index is -1.09. The van der Waals surface area contributed by atoms with Crippen LogP contribution < -0.4 is 5.73 Å². The van der Waals surface area contributed by atoms with E-state index in [1.807, 2.05) is 0 Å². The Labute approximate surface area is 64.1 Å². The van der Waals surface area contributed by atoms with Crippen LogP contribution in [0.4, 0.5) is 0 Å². The Morgan fingerprint density at radius 1 is 1.64 bits per heavy atom. The number of carboxylic acid groups (broad SMARTS) is 1. The van der Waals surface area contributed by atoms with E-state index in [0.29, 0.717) is 0 Å². The number of carbonyl (C=O) groups excluding carboxylic acids is 1. The molecule has 0 heterocycles. The fourth-order valence-electron chi connectivity index (χ4n) is 0.453. The van der Waals surface area contributed by atoms with Gasteiger partial charge in [0, 0.05) is 13.3 Å². The topological polar surface area (TPSA) is 89.6 Å². The fraction of sp³-hybridized carbons (Fsp3) is 0.667. The second kappa shape index (κ2) is 4.68. The van der Waals surface area contributed by atoms with E-state index in [-0.39, 0.29) is 13.0 Å². The van der Waals surface area contributed by atoms with Gasteiger partial charge in [0.15, 0.2) is 0 Å². The van der Waals surface area contributed by atoms with E-state index in [1.165, 1.54) is 6.92 Å². The molecule has 11 heavy (non-hydrogen) atoms. The monoisotopic (exact) mass is 161 g/mol. The Kier molecular flexibility index (Phi) is 4.21. The van der Waals surface area contributed by atoms with Crippen LogP contribution in [0.2, 0.25) is 0 Å². The highest BCUT2D eigenvalue weighted by Gasteiger charge is 2.10. The zero-order valence-corrected chi connectivity index (χ0v) is 6.24. The maximum atomic E-state index is 10.2. The third-order valence-electron chi connectivity index (χ3n) is 1.05. The molecule has 5 nitrogen and oxygen atoms in total. The van der Waals surface area contributed by atoms with Crippen LogP contribution in [0.3, 0.4) is 0 Å². The van der Waals surface area contributed by atoms with Crippen molar-refractivity contribution in [3.05, 3.63) is 0 Å². The number of hydrogen-bond acceptors (Lipinski definition) is 4. The first-order chi connectivity index (χ1) is 5.04. The van der Waals surface area contributed by atoms with Gasteiger partial charge in [-0.3, -0.25) is 9.59 Å². The summed E-state index contributed by atoms with van der Waals surface area (Å²) >= 11 is 0. The summed E-state index contributed by atoms with van der Waals surface area (Å²) in [6, 6.07) is -0.950. The van der Waals surface area contributed by atoms with Crippen LogP contribution >= 0.6 is 0 Å². The Morgan fingerprint density at radius 2 is 2.18 bits per heavy atom. The van der Waals surface area contributed by atoms with Gasteiger partial charge in [-0.2, -0.15) is 0 Å². The summed E-state index contributed by atoms with van der Waals surface area (Å²) in [6.07, 6.45) is 0.148. The number of ether oxygens (including phenoxy) is 1. The van der Waals surface area contributed by atoms with Crippen LogP contribution in [-0.2, 0) is 14.3 Å². The second-order valence-corrected chi connectivity index (χ2v) is 2.07. The molecule has 0 radical (unpaired) electrons. The maximum Gasteiger partial charge on any atom is 0.320 e. The van der Waals surface area contributed by atoms with Gasteiger partial charge in [-0.25, -0.2) is 0 Å². The SMILES string of the molecule is CC(=O)OCC[C@@H](N)C(=O)O. The van der Waals surface area contributed by atoms with Gasteiger partial charge in [0.05, 0.1) is 6.61 Å². The van der Waals surface area contributed by atoms with Crippen molar-refractivity contribution in [1.29, 1.82) is 0 Å². The van der Waals surface area contributed by atoms with Crippen molar-refractivity contribution in [1.82, 2.24) is 0 Å². The molecule has 0 aromatic heterocycles. The standard InChI is InChI=1S/C6H11NO4/c1-4(8)11-3-2-5(7)6(9)10/h5H,2-3,7H2,1H3,(H,9,10)/t5-/m1/s1. The number of carboxylic acids is 1. The highest BCUT2D eigenvalue weighted by Crippen LogP contribution is 1.89. The van der Waals surface area contributed by atoms with Crippen LogP contribution in [0.25, 0.3) is 0 Å². The molecule has 0 aliphatic heterocycles. The third-order valence-corrected chi connectivity index (χ3v) is 1.05. The van der Waals surface area contributed by atoms with Gasteiger partial charge in [-0.1, -0.05) is 0 Å². The minimum absolute atomic E-state index is 0.0583. The molecule has 64 valence electrons. The van der Waals surface area contributed by atoms with Gasteiger partial charge < -0.3 is 15.6 Å². The molecule has 0 saturated carbocycles. The third kappa shape index (κ3) is 5.35. The smallest absolute Gasteiger partial charge is 0.320 e. The maximum absolute atomic E-state index is 10.2. The predicted molar refractivity (Wildman–Crippen MR) is 36.9 cm³/mol. The first-order valence-electron chi connectivity index (χ1n) is 3.15. The molecule has 0 fully saturated rings. The number of carbonyl (C=O) groups is 2. The van der Waals surface area contributed by atoms with Crippen LogP contribution in [0.5, 0.6) is 0 Å². The van der Waals surface area contributed by atoms with E-state index in [1.54, 1.807) is 0 Å². The lowest BCUT2D eigenvalue weighted by Crippen LogP contribution is -2.31. The summed E-state index contributed by atoms with van der Waals surface area (Å²) in [5.41, 5.74) is 5.11. The van der Waals surface area contributed by atoms with Crippen molar-refractivity contribution in [2.45, 2.75) is 19.4 Å². The van der Waals surface area contributed by atoms with Crippen molar-refractivity contribution < 1.29 is 19.4 Å². The Hall–Kier alpha value is -1.10. The molecule has 0 saturated heterocycles. The van der Waals surface area contributed by atoms with Crippen LogP contribution in [-0.4, -0.2) is 29.7 Å². The van der Waals surface area contributed by atoms with E-state index in [0.717, 1.165) is 0 Å². The lowest BCUT2D eigenvalue weighted by atomic mass is 10.2. The van der Waals surface area contributed by atoms with Crippen LogP contribution in [0.1, 0.15) is 13.3 Å². The molecule has 0 rings (SSSR count). The molecule has 0 aliphatic carbocycles. The molecule has 0 spiro atoms. The van der Waals surface area contributed by atoms with Gasteiger partial charge in [0.2, 0.25) is 0 Å². The average molecular weight is 161 g/mol. The molecule has 0 aliphatic rings. The molecule has 0 aromatic carbocycles. The number of nitrogens with two attached hydrogens (primary N) is 1. The summed E-state index contributed by atoms with van der Waals surface area (Å²) in [4.78, 5) is 20.3. The summed E-state index contributed by atoms with van der Waals surface area (Å²) in [5.74, 6) is -1.51. The first kappa shape index (κ1) is 9.90. The molecular weight excluding hydrogens is 150 g/mol. The van der Waals surface area contributed by atoms with Crippen LogP contribution in [0.15, 0.2) is 0 Å². The average Bonchev–Trinajstić information content (AvgIpc) is 1.86. The Morgan fingerprint density at radius 3 is 2.55 bits per heavy atom. The van der Waals surface area contributed by atoms with E-state index in [4.69, 9.17) is 10.8 Å². The normalized spacial score (nSPS) is 12.2. The zero-order valence-electron chi connectivity index (χ0n) is 6.24. The van der Waals surface area contributed by atoms with Crippen molar-refractivity contribution in [3.8, 4) is 0 Å². The van der Waals surface area contributed by atoms with E-state index in [2.05, 4.69) is 4.74 Å². The number of esters is 1. The quantitative estimate of drug-likeness (QED) is 0.535. The van der Waals surface area contributed by atoms with Gasteiger partial charge >= 0.3 is 11.9 Å². The van der Waals surface area contributed by atoms with Crippen LogP contribution in [0, 0.1) is 0 Å². The zero-order chi connectivity index (χ0) is 8.85. The summed E-state index contributed by atoms with van der Waals surface area (Å²) in [7, 11) is 0. The van der Waals surface area contributed by atoms with Crippen molar-refractivity contribution in [2.24, 2.45) is 5.73 Å². The lowest BCUT2D eigenvalue weighted by molar-refractivity contribution is -0.144. The molecule has 0 bridgehead atoms. The van der Waals surface area contributed by atoms with E-state index < -0.39 is 18.0 Å². The molecule has 1 atom stereocenters. The molecule has 0 unspecified atom stereocenters. The second-order valence-electron chi connectivity index (χ2n) is 2.07. The van der Waals surface area contributed by atoms with Gasteiger partial charge in [-0.15, -0.1) is 0 Å². The number of hydrogen-bond donors (Lipinski definition) is 2. The highest BCUT2D eigenvalue weighted by molar-refractivity contribution is 5.73. The molecule has 0 aromatic rings. The Balaban J connectivity index is 3.39. The largest absolute Gasteiger partial charge is 0.480 e. The summed E-state index contributed by atoms with van der Waals surface area (Å²) in [6.45, 7) is 1.31. The van der Waals surface area contributed by atoms with E-state index >= 15 is 0 Å². The number of rotatable bonds is 4. The molecular formula is C6H11NO4. The van der Waals surface area contributed by atoms with Crippen molar-refractivity contribution in [2.75, 3.05) is 6.61 Å². The fourth-order valence-corrected chi connectivity index (χ4v) is 0.453. The van der Waals surface area contributed by atoms with Gasteiger partial charge in [0.25, 0.3) is 0 Å². The first-order valence-corrected chi connectivity index (χ1v) is 3.15.